The lowest BCUT2D eigenvalue weighted by molar-refractivity contribution is -0.496. The maximum atomic E-state index is 13.7. The molecule has 8 N–H and O–H groups in total. The van der Waals surface area contributed by atoms with Gasteiger partial charge in [0.15, 0.2) is 5.78 Å². The molecule has 4 aliphatic rings. The van der Waals surface area contributed by atoms with Crippen molar-refractivity contribution in [2.45, 2.75) is 136 Å². The lowest BCUT2D eigenvalue weighted by atomic mass is 9.87. The standard InChI is InChI=1S/C64H86N3O25P3S4/c1-8-16-43-35-53-48(31-41(43)4)59(49-32-42(5)51(65-9-2)36-54(49)89-53)47-33-44(20-21-46(47)62(72)73)52(68)18-15-25-82-29-30-83-28-23-66-63(74)86-27-22-64(6,7)98-97-39-84-24-13-14-26-85-58(69)19-12-11-17-45-34-50(61(71)67-60(45)70)55-37-56(87-40-99(96)10-3)57(90-55)38-88-94(78,79)92-95(80,81)91-93(75,76)77/h20-21,31-36,50,55-57H,8-10,12-16,18-19,22-30,37-40H2,1-7H3,(H,66,74)(H,72,73)(H,78,79)(H,80,81)(H,67,70,71)(H2,75,76,77)/p+1/t50?,55-,56+,57-,99?/m1/s1. The van der Waals surface area contributed by atoms with E-state index in [-0.39, 0.29) is 92.9 Å². The molecule has 1 aliphatic carbocycles. The lowest BCUT2D eigenvalue weighted by Gasteiger charge is -2.24. The van der Waals surface area contributed by atoms with Gasteiger partial charge in [-0.25, -0.2) is 28.3 Å². The second-order valence-electron chi connectivity index (χ2n) is 23.4. The highest BCUT2D eigenvalue weighted by atomic mass is 33.1. The number of Topliss-reactive ketones (excluding diaryl/α,β-unsaturated/α-hetero) is 1. The first kappa shape index (κ1) is 82.9. The zero-order valence-corrected chi connectivity index (χ0v) is 62.0. The van der Waals surface area contributed by atoms with Gasteiger partial charge in [-0.05, 0) is 137 Å². The Hall–Kier alpha value is -5.07. The highest BCUT2D eigenvalue weighted by Crippen LogP contribution is 2.66. The first-order valence-electron chi connectivity index (χ1n) is 32.0. The predicted molar refractivity (Wildman–Crippen MR) is 373 cm³/mol. The first-order valence-corrected chi connectivity index (χ1v) is 41.3. The number of ketones is 1. The Morgan fingerprint density at radius 1 is 0.859 bits per heavy atom. The SMILES string of the molecule is CCCc1cc2oc3cc(=[NH+]CC)c(C)cc-3c(-c3cc(C(=O)CCCOCCOCCNC(=O)OCCC(C)(C)SSCOCCCCOC(=O)CCC#CC4=CC([C@H]5C[C@H](OCS(=S)CC)[C@@H](COP(=O)(O)OP(=O)(O)OP(=O)(O)O)O5)C(=O)NC4=O)ccc3C(=O)O)c2cc1C. The molecule has 0 bridgehead atoms. The van der Waals surface area contributed by atoms with E-state index in [2.05, 4.69) is 49.1 Å². The van der Waals surface area contributed by atoms with Crippen molar-refractivity contribution in [3.8, 4) is 34.3 Å². The molecule has 28 nitrogen and oxygen atoms in total. The van der Waals surface area contributed by atoms with Gasteiger partial charge in [-0.15, -0.1) is 0 Å². The number of alkyl carbamates (subject to hydrolysis) is 1. The van der Waals surface area contributed by atoms with E-state index in [4.69, 9.17) is 63.1 Å². The molecule has 1 fully saturated rings. The van der Waals surface area contributed by atoms with E-state index < -0.39 is 93.6 Å². The van der Waals surface area contributed by atoms with Gasteiger partial charge in [-0.1, -0.05) is 69.2 Å². The van der Waals surface area contributed by atoms with E-state index in [1.165, 1.54) is 22.9 Å². The Morgan fingerprint density at radius 3 is 2.31 bits per heavy atom. The van der Waals surface area contributed by atoms with Crippen LogP contribution in [0.15, 0.2) is 58.5 Å². The van der Waals surface area contributed by atoms with Crippen molar-refractivity contribution in [3.05, 3.63) is 87.3 Å². The summed E-state index contributed by atoms with van der Waals surface area (Å²) in [7, 11) is -14.5. The van der Waals surface area contributed by atoms with Gasteiger partial charge in [0.2, 0.25) is 11.3 Å². The monoisotopic (exact) mass is 1520 g/mol. The number of aromatic carboxylic acids is 1. The molecule has 3 heterocycles. The summed E-state index contributed by atoms with van der Waals surface area (Å²) in [5.41, 5.74) is 6.07. The van der Waals surface area contributed by atoms with Crippen LogP contribution in [-0.4, -0.2) is 167 Å². The highest BCUT2D eigenvalue weighted by molar-refractivity contribution is 8.77. The van der Waals surface area contributed by atoms with Gasteiger partial charge in [-0.3, -0.25) is 29.0 Å². The molecule has 6 rings (SSSR count). The molecule has 99 heavy (non-hydrogen) atoms. The molecule has 0 saturated carbocycles. The maximum Gasteiger partial charge on any atom is 0.490 e. The molecule has 0 radical (unpaired) electrons. The number of esters is 1. The molecule has 546 valence electrons. The van der Waals surface area contributed by atoms with Gasteiger partial charge in [0.25, 0.3) is 5.91 Å². The van der Waals surface area contributed by atoms with Crippen molar-refractivity contribution in [1.29, 1.82) is 0 Å². The van der Waals surface area contributed by atoms with Gasteiger partial charge in [-0.2, -0.15) is 8.62 Å². The highest BCUT2D eigenvalue weighted by Gasteiger charge is 2.46. The Balaban J connectivity index is 0.798. The van der Waals surface area contributed by atoms with E-state index >= 15 is 0 Å². The van der Waals surface area contributed by atoms with Crippen LogP contribution in [0.25, 0.3) is 33.4 Å². The zero-order valence-electron chi connectivity index (χ0n) is 56.1. The molecule has 0 aromatic heterocycles. The second kappa shape index (κ2) is 40.1. The van der Waals surface area contributed by atoms with Gasteiger partial charge in [0.1, 0.15) is 29.9 Å². The molecule has 0 spiro atoms. The predicted octanol–water partition coefficient (Wildman–Crippen LogP) is 7.97. The van der Waals surface area contributed by atoms with Gasteiger partial charge >= 0.3 is 41.5 Å². The van der Waals surface area contributed by atoms with Crippen molar-refractivity contribution in [2.24, 2.45) is 5.92 Å². The smallest absolute Gasteiger partial charge is 0.478 e. The number of carboxylic acid groups (broad SMARTS) is 1. The van der Waals surface area contributed by atoms with Crippen LogP contribution in [0.5, 0.6) is 0 Å². The van der Waals surface area contributed by atoms with E-state index in [0.717, 1.165) is 45.8 Å². The molecule has 1 saturated heterocycles. The average molecular weight is 1520 g/mol. The van der Waals surface area contributed by atoms with Crippen LogP contribution >= 0.6 is 45.1 Å². The number of carbonyl (C=O) groups is 6. The number of rotatable bonds is 42. The molecule has 2 aromatic rings. The van der Waals surface area contributed by atoms with Gasteiger partial charge < -0.3 is 67.6 Å². The third-order valence-electron chi connectivity index (χ3n) is 15.1. The minimum absolute atomic E-state index is 0.0178. The summed E-state index contributed by atoms with van der Waals surface area (Å²) < 4.78 is 93.4. The van der Waals surface area contributed by atoms with E-state index in [0.29, 0.717) is 85.2 Å². The molecule has 3 amide bonds. The van der Waals surface area contributed by atoms with Crippen molar-refractivity contribution >= 4 is 112 Å². The number of phosphoric acid groups is 3. The molecule has 2 aromatic carbocycles. The Morgan fingerprint density at radius 2 is 1.60 bits per heavy atom. The van der Waals surface area contributed by atoms with E-state index in [1.54, 1.807) is 22.9 Å². The molecule has 4 unspecified atom stereocenters. The number of phosphoric ester groups is 1. The topological polar surface area (TPSA) is 398 Å². The molecular formula is C64H87N3O25P3S4+. The van der Waals surface area contributed by atoms with Crippen LogP contribution in [0, 0.1) is 31.6 Å². The fraction of sp³-hybridized carbons (Fsp3) is 0.547. The number of fused-ring (bicyclic) bond motifs is 2. The number of hydrogen-bond donors (Lipinski definition) is 8. The second-order valence-corrected chi connectivity index (χ2v) is 33.8. The summed E-state index contributed by atoms with van der Waals surface area (Å²) in [6.45, 7) is 16.0. The number of unbranched alkanes of at least 4 members (excludes halogenated alkanes) is 1. The van der Waals surface area contributed by atoms with Crippen molar-refractivity contribution < 1.29 is 123 Å². The average Bonchev–Trinajstić information content (AvgIpc) is 1.22. The minimum Gasteiger partial charge on any atom is -0.478 e. The van der Waals surface area contributed by atoms with Crippen LogP contribution in [0.2, 0.25) is 0 Å². The Labute approximate surface area is 589 Å². The number of carboxylic acids is 1. The Bertz CT molecular complexity index is 3810. The summed E-state index contributed by atoms with van der Waals surface area (Å²) in [4.78, 5) is 117. The van der Waals surface area contributed by atoms with Crippen LogP contribution in [-0.2, 0) is 101 Å². The number of benzene rings is 3. The summed E-state index contributed by atoms with van der Waals surface area (Å²) in [5.74, 6) is 2.56. The molecular weight excluding hydrogens is 1430 g/mol. The van der Waals surface area contributed by atoms with Crippen LogP contribution < -0.4 is 21.0 Å². The van der Waals surface area contributed by atoms with Crippen LogP contribution in [0.1, 0.15) is 130 Å². The third kappa shape index (κ3) is 27.6. The van der Waals surface area contributed by atoms with Crippen LogP contribution in [0.3, 0.4) is 0 Å². The fourth-order valence-electron chi connectivity index (χ4n) is 10.2. The Kier molecular flexibility index (Phi) is 33.6. The largest absolute Gasteiger partial charge is 0.490 e. The molecule has 3 aliphatic heterocycles. The molecule has 35 heteroatoms. The van der Waals surface area contributed by atoms with Crippen molar-refractivity contribution in [3.63, 3.8) is 0 Å². The number of carbonyl (C=O) groups excluding carboxylic acids is 5. The number of amides is 3. The third-order valence-corrected chi connectivity index (χ3v) is 24.0. The van der Waals surface area contributed by atoms with Crippen molar-refractivity contribution in [2.75, 3.05) is 83.6 Å². The quantitative estimate of drug-likeness (QED) is 0.00240. The fourth-order valence-corrected chi connectivity index (χ4v) is 16.2. The number of hydrogen-bond acceptors (Lipinski definition) is 23. The normalized spacial score (nSPS) is 18.3. The van der Waals surface area contributed by atoms with Gasteiger partial charge in [0.05, 0.1) is 87.3 Å². The number of imide groups is 1. The summed E-state index contributed by atoms with van der Waals surface area (Å²) in [5, 5.41) is 17.0. The zero-order chi connectivity index (χ0) is 72.5. The van der Waals surface area contributed by atoms with E-state index in [9.17, 15) is 57.4 Å². The van der Waals surface area contributed by atoms with Gasteiger partial charge in [0, 0.05) is 71.4 Å². The van der Waals surface area contributed by atoms with Crippen LogP contribution in [0.4, 0.5) is 4.79 Å². The lowest BCUT2D eigenvalue weighted by Crippen LogP contribution is -2.76. The van der Waals surface area contributed by atoms with E-state index in [1.807, 2.05) is 59.7 Å². The minimum atomic E-state index is -5.80. The first-order chi connectivity index (χ1) is 46.9. The number of aryl methyl sites for hydroxylation is 3. The summed E-state index contributed by atoms with van der Waals surface area (Å²) in [6.07, 6.45) is 1.63. The summed E-state index contributed by atoms with van der Waals surface area (Å²) >= 11 is 5.33. The number of ether oxygens (including phenoxy) is 7. The maximum absolute atomic E-state index is 13.7. The molecule has 7 atom stereocenters. The number of nitrogens with one attached hydrogen (secondary N) is 3. The summed E-state index contributed by atoms with van der Waals surface area (Å²) in [6, 6.07) is 12.8. The van der Waals surface area contributed by atoms with Crippen molar-refractivity contribution in [1.82, 2.24) is 10.6 Å².